The minimum atomic E-state index is -0.520. The van der Waals surface area contributed by atoms with Crippen LogP contribution in [0.1, 0.15) is 30.9 Å². The predicted octanol–water partition coefficient (Wildman–Crippen LogP) is 2.85. The quantitative estimate of drug-likeness (QED) is 0.641. The van der Waals surface area contributed by atoms with Crippen LogP contribution in [0.15, 0.2) is 54.6 Å². The fourth-order valence-corrected chi connectivity index (χ4v) is 3.58. The van der Waals surface area contributed by atoms with Crippen LogP contribution in [-0.4, -0.2) is 48.2 Å². The van der Waals surface area contributed by atoms with Crippen LogP contribution in [0.3, 0.4) is 0 Å². The van der Waals surface area contributed by atoms with Crippen LogP contribution in [0, 0.1) is 0 Å². The monoisotopic (exact) mass is 353 g/mol. The van der Waals surface area contributed by atoms with Crippen molar-refractivity contribution in [3.05, 3.63) is 65.7 Å². The lowest BCUT2D eigenvalue weighted by molar-refractivity contribution is -0.129. The Hall–Kier alpha value is -2.37. The Morgan fingerprint density at radius 2 is 1.50 bits per heavy atom. The number of benzene rings is 2. The van der Waals surface area contributed by atoms with Crippen LogP contribution in [0.5, 0.6) is 0 Å². The van der Waals surface area contributed by atoms with E-state index >= 15 is 0 Å². The second-order valence-electron chi connectivity index (χ2n) is 7.03. The number of nitrogens with zero attached hydrogens (tertiary/aromatic N) is 2. The van der Waals surface area contributed by atoms with Crippen LogP contribution in [0.25, 0.3) is 0 Å². The second kappa shape index (κ2) is 8.34. The number of nitrogens with one attached hydrogen (secondary N) is 1. The van der Waals surface area contributed by atoms with Crippen molar-refractivity contribution in [1.82, 2.24) is 10.4 Å². The number of anilines is 1. The molecule has 0 spiro atoms. The van der Waals surface area contributed by atoms with Crippen LogP contribution < -0.4 is 10.4 Å². The molecule has 1 aliphatic heterocycles. The van der Waals surface area contributed by atoms with Crippen molar-refractivity contribution in [2.75, 3.05) is 31.1 Å². The van der Waals surface area contributed by atoms with E-state index in [1.807, 2.05) is 42.5 Å². The highest BCUT2D eigenvalue weighted by atomic mass is 16.5. The Bertz CT molecular complexity index is 708. The molecule has 1 atom stereocenters. The van der Waals surface area contributed by atoms with Crippen LogP contribution in [-0.2, 0) is 4.79 Å². The first-order chi connectivity index (χ1) is 12.6. The molecule has 1 saturated heterocycles. The predicted molar refractivity (Wildman–Crippen MR) is 104 cm³/mol. The van der Waals surface area contributed by atoms with E-state index in [1.54, 1.807) is 5.48 Å². The number of piperazine rings is 1. The summed E-state index contributed by atoms with van der Waals surface area (Å²) in [5, 5.41) is 9.14. The molecule has 1 unspecified atom stereocenters. The SMILES string of the molecule is CC(C)N1CCN(c2ccc(C(C(=O)NO)c3ccccc3)cc2)CC1. The summed E-state index contributed by atoms with van der Waals surface area (Å²) < 4.78 is 0. The first-order valence-electron chi connectivity index (χ1n) is 9.18. The maximum Gasteiger partial charge on any atom is 0.255 e. The van der Waals surface area contributed by atoms with E-state index in [-0.39, 0.29) is 0 Å². The summed E-state index contributed by atoms with van der Waals surface area (Å²) in [5.41, 5.74) is 4.70. The molecule has 26 heavy (non-hydrogen) atoms. The summed E-state index contributed by atoms with van der Waals surface area (Å²) in [4.78, 5) is 17.1. The number of amides is 1. The minimum absolute atomic E-state index is 0.422. The largest absolute Gasteiger partial charge is 0.369 e. The molecule has 138 valence electrons. The van der Waals surface area contributed by atoms with Crippen molar-refractivity contribution in [2.45, 2.75) is 25.8 Å². The van der Waals surface area contributed by atoms with Crippen molar-refractivity contribution >= 4 is 11.6 Å². The van der Waals surface area contributed by atoms with Crippen molar-refractivity contribution in [3.63, 3.8) is 0 Å². The molecule has 0 radical (unpaired) electrons. The summed E-state index contributed by atoms with van der Waals surface area (Å²) in [6.45, 7) is 8.63. The Morgan fingerprint density at radius 1 is 0.923 bits per heavy atom. The number of hydroxylamine groups is 1. The van der Waals surface area contributed by atoms with Gasteiger partial charge in [0.05, 0.1) is 5.92 Å². The highest BCUT2D eigenvalue weighted by Crippen LogP contribution is 2.27. The molecular formula is C21H27N3O2. The van der Waals surface area contributed by atoms with Gasteiger partial charge >= 0.3 is 0 Å². The van der Waals surface area contributed by atoms with Gasteiger partial charge in [0.15, 0.2) is 0 Å². The Balaban J connectivity index is 1.76. The molecule has 5 nitrogen and oxygen atoms in total. The average Bonchev–Trinajstić information content (AvgIpc) is 2.69. The molecule has 0 bridgehead atoms. The summed E-state index contributed by atoms with van der Waals surface area (Å²) in [5.74, 6) is -0.942. The van der Waals surface area contributed by atoms with E-state index in [0.29, 0.717) is 6.04 Å². The Kier molecular flexibility index (Phi) is 5.91. The Morgan fingerprint density at radius 3 is 2.04 bits per heavy atom. The van der Waals surface area contributed by atoms with Crippen molar-refractivity contribution < 1.29 is 10.0 Å². The molecule has 5 heteroatoms. The van der Waals surface area contributed by atoms with E-state index in [1.165, 1.54) is 5.69 Å². The molecule has 3 rings (SSSR count). The molecule has 0 aliphatic carbocycles. The van der Waals surface area contributed by atoms with Gasteiger partial charge in [0.1, 0.15) is 0 Å². The smallest absolute Gasteiger partial charge is 0.255 e. The summed E-state index contributed by atoms with van der Waals surface area (Å²) >= 11 is 0. The molecule has 1 aliphatic rings. The minimum Gasteiger partial charge on any atom is -0.369 e. The third kappa shape index (κ3) is 4.06. The lowest BCUT2D eigenvalue weighted by Gasteiger charge is -2.38. The van der Waals surface area contributed by atoms with Crippen molar-refractivity contribution in [1.29, 1.82) is 0 Å². The molecule has 1 fully saturated rings. The van der Waals surface area contributed by atoms with Crippen LogP contribution in [0.4, 0.5) is 5.69 Å². The van der Waals surface area contributed by atoms with E-state index in [0.717, 1.165) is 37.3 Å². The molecule has 2 aromatic rings. The Labute approximate surface area is 155 Å². The van der Waals surface area contributed by atoms with Gasteiger partial charge in [-0.15, -0.1) is 0 Å². The maximum atomic E-state index is 12.2. The van der Waals surface area contributed by atoms with E-state index < -0.39 is 11.8 Å². The van der Waals surface area contributed by atoms with Gasteiger partial charge in [-0.25, -0.2) is 5.48 Å². The van der Waals surface area contributed by atoms with Crippen LogP contribution in [0.2, 0.25) is 0 Å². The highest BCUT2D eigenvalue weighted by molar-refractivity contribution is 5.86. The molecule has 0 saturated carbocycles. The van der Waals surface area contributed by atoms with Gasteiger partial charge in [-0.1, -0.05) is 42.5 Å². The van der Waals surface area contributed by atoms with Gasteiger partial charge in [-0.05, 0) is 37.1 Å². The van der Waals surface area contributed by atoms with E-state index in [9.17, 15) is 4.79 Å². The van der Waals surface area contributed by atoms with Gasteiger partial charge in [-0.3, -0.25) is 14.9 Å². The molecular weight excluding hydrogens is 326 g/mol. The van der Waals surface area contributed by atoms with Crippen LogP contribution >= 0.6 is 0 Å². The zero-order valence-electron chi connectivity index (χ0n) is 15.4. The first-order valence-corrected chi connectivity index (χ1v) is 9.18. The molecule has 1 heterocycles. The van der Waals surface area contributed by atoms with E-state index in [2.05, 4.69) is 35.8 Å². The van der Waals surface area contributed by atoms with Gasteiger partial charge in [0.2, 0.25) is 0 Å². The third-order valence-electron chi connectivity index (χ3n) is 5.14. The van der Waals surface area contributed by atoms with Crippen molar-refractivity contribution in [3.8, 4) is 0 Å². The summed E-state index contributed by atoms with van der Waals surface area (Å²) in [6, 6.07) is 18.2. The summed E-state index contributed by atoms with van der Waals surface area (Å²) in [7, 11) is 0. The van der Waals surface area contributed by atoms with Gasteiger partial charge in [0, 0.05) is 37.9 Å². The number of hydrogen-bond donors (Lipinski definition) is 2. The molecule has 2 N–H and O–H groups in total. The first kappa shape index (κ1) is 18.4. The fraction of sp³-hybridized carbons (Fsp3) is 0.381. The number of carbonyl (C=O) groups is 1. The topological polar surface area (TPSA) is 55.8 Å². The molecule has 1 amide bonds. The van der Waals surface area contributed by atoms with Gasteiger partial charge in [0.25, 0.3) is 5.91 Å². The number of rotatable bonds is 5. The zero-order valence-corrected chi connectivity index (χ0v) is 15.4. The number of hydrogen-bond acceptors (Lipinski definition) is 4. The third-order valence-corrected chi connectivity index (χ3v) is 5.14. The summed E-state index contributed by atoms with van der Waals surface area (Å²) in [6.07, 6.45) is 0. The second-order valence-corrected chi connectivity index (χ2v) is 7.03. The normalized spacial score (nSPS) is 16.5. The van der Waals surface area contributed by atoms with Gasteiger partial charge < -0.3 is 4.90 Å². The highest BCUT2D eigenvalue weighted by Gasteiger charge is 2.23. The van der Waals surface area contributed by atoms with E-state index in [4.69, 9.17) is 5.21 Å². The number of carbonyl (C=O) groups excluding carboxylic acids is 1. The van der Waals surface area contributed by atoms with Crippen molar-refractivity contribution in [2.24, 2.45) is 0 Å². The molecule has 0 aromatic heterocycles. The lowest BCUT2D eigenvalue weighted by Crippen LogP contribution is -2.48. The maximum absolute atomic E-state index is 12.2. The standard InChI is InChI=1S/C21H27N3O2/c1-16(2)23-12-14-24(15-13-23)19-10-8-18(9-11-19)20(21(25)22-26)17-6-4-3-5-7-17/h3-11,16,20,26H,12-15H2,1-2H3,(H,22,25). The lowest BCUT2D eigenvalue weighted by atomic mass is 9.90. The zero-order chi connectivity index (χ0) is 18.5. The fourth-order valence-electron chi connectivity index (χ4n) is 3.58. The molecule has 2 aromatic carbocycles. The average molecular weight is 353 g/mol. The van der Waals surface area contributed by atoms with Gasteiger partial charge in [-0.2, -0.15) is 0 Å².